The lowest BCUT2D eigenvalue weighted by atomic mass is 9.87. The van der Waals surface area contributed by atoms with Crippen LogP contribution in [0.25, 0.3) is 0 Å². The van der Waals surface area contributed by atoms with E-state index in [1.165, 1.54) is 6.54 Å². The van der Waals surface area contributed by atoms with E-state index in [2.05, 4.69) is 58.8 Å². The van der Waals surface area contributed by atoms with Crippen molar-refractivity contribution in [1.29, 1.82) is 0 Å². The molecule has 0 saturated heterocycles. The molecular weight excluding hydrogens is 184 g/mol. The predicted octanol–water partition coefficient (Wildman–Crippen LogP) is 2.60. The lowest BCUT2D eigenvalue weighted by Crippen LogP contribution is -2.42. The first-order valence-electron chi connectivity index (χ1n) is 6.20. The fourth-order valence-corrected chi connectivity index (χ4v) is 1.77. The summed E-state index contributed by atoms with van der Waals surface area (Å²) in [6, 6.07) is 0.626. The number of nitrogens with one attached hydrogen (secondary N) is 1. The van der Waals surface area contributed by atoms with Crippen LogP contribution >= 0.6 is 0 Å². The van der Waals surface area contributed by atoms with Crippen molar-refractivity contribution in [2.24, 2.45) is 11.3 Å². The summed E-state index contributed by atoms with van der Waals surface area (Å²) in [5.41, 5.74) is 0.368. The maximum atomic E-state index is 3.40. The summed E-state index contributed by atoms with van der Waals surface area (Å²) < 4.78 is 0. The molecule has 0 aliphatic heterocycles. The van der Waals surface area contributed by atoms with Crippen LogP contribution in [0.4, 0.5) is 0 Å². The molecule has 0 saturated carbocycles. The summed E-state index contributed by atoms with van der Waals surface area (Å²) in [6.07, 6.45) is 0. The fourth-order valence-electron chi connectivity index (χ4n) is 1.77. The first-order valence-corrected chi connectivity index (χ1v) is 6.20. The van der Waals surface area contributed by atoms with Gasteiger partial charge in [0.2, 0.25) is 0 Å². The van der Waals surface area contributed by atoms with Crippen molar-refractivity contribution in [3.05, 3.63) is 0 Å². The van der Waals surface area contributed by atoms with Crippen LogP contribution in [0.15, 0.2) is 0 Å². The molecule has 0 amide bonds. The smallest absolute Gasteiger partial charge is 0.0112 e. The molecule has 0 bridgehead atoms. The van der Waals surface area contributed by atoms with Gasteiger partial charge in [0.15, 0.2) is 0 Å². The molecule has 0 rings (SSSR count). The van der Waals surface area contributed by atoms with Gasteiger partial charge in [-0.05, 0) is 38.4 Å². The largest absolute Gasteiger partial charge is 0.317 e. The Hall–Kier alpha value is -0.0800. The molecule has 2 heteroatoms. The van der Waals surface area contributed by atoms with Gasteiger partial charge >= 0.3 is 0 Å². The zero-order valence-electron chi connectivity index (χ0n) is 11.7. The Morgan fingerprint density at radius 2 is 1.73 bits per heavy atom. The quantitative estimate of drug-likeness (QED) is 0.731. The summed E-state index contributed by atoms with van der Waals surface area (Å²) in [7, 11) is 2.23. The molecule has 2 nitrogen and oxygen atoms in total. The first-order chi connectivity index (χ1) is 6.79. The van der Waals surface area contributed by atoms with Crippen LogP contribution in [-0.2, 0) is 0 Å². The summed E-state index contributed by atoms with van der Waals surface area (Å²) in [5.74, 6) is 0.722. The van der Waals surface area contributed by atoms with Gasteiger partial charge in [0.1, 0.15) is 0 Å². The second-order valence-corrected chi connectivity index (χ2v) is 5.89. The summed E-state index contributed by atoms with van der Waals surface area (Å²) in [5, 5.41) is 3.40. The van der Waals surface area contributed by atoms with Gasteiger partial charge < -0.3 is 10.2 Å². The second-order valence-electron chi connectivity index (χ2n) is 5.89. The maximum absolute atomic E-state index is 3.40. The van der Waals surface area contributed by atoms with Crippen LogP contribution in [0.2, 0.25) is 0 Å². The third-order valence-corrected chi connectivity index (χ3v) is 3.26. The minimum Gasteiger partial charge on any atom is -0.317 e. The molecule has 0 heterocycles. The molecule has 0 radical (unpaired) electrons. The van der Waals surface area contributed by atoms with Gasteiger partial charge in [-0.2, -0.15) is 0 Å². The average molecular weight is 214 g/mol. The molecule has 0 aromatic rings. The average Bonchev–Trinajstić information content (AvgIpc) is 2.11. The van der Waals surface area contributed by atoms with Crippen molar-refractivity contribution in [3.63, 3.8) is 0 Å². The molecule has 0 aliphatic carbocycles. The van der Waals surface area contributed by atoms with Crippen molar-refractivity contribution in [3.8, 4) is 0 Å². The van der Waals surface area contributed by atoms with Crippen molar-refractivity contribution in [1.82, 2.24) is 10.2 Å². The van der Waals surface area contributed by atoms with Gasteiger partial charge in [0.25, 0.3) is 0 Å². The lowest BCUT2D eigenvalue weighted by molar-refractivity contribution is 0.125. The SMILES string of the molecule is CCNCC(C)CN(C)C(C)C(C)(C)C. The van der Waals surface area contributed by atoms with Crippen molar-refractivity contribution in [2.75, 3.05) is 26.7 Å². The molecule has 0 aliphatic rings. The van der Waals surface area contributed by atoms with E-state index >= 15 is 0 Å². The predicted molar refractivity (Wildman–Crippen MR) is 69.3 cm³/mol. The molecule has 0 fully saturated rings. The Kier molecular flexibility index (Phi) is 6.46. The second kappa shape index (κ2) is 6.49. The Labute approximate surface area is 96.4 Å². The first kappa shape index (κ1) is 14.9. The van der Waals surface area contributed by atoms with Gasteiger partial charge in [-0.25, -0.2) is 0 Å². The Morgan fingerprint density at radius 1 is 1.20 bits per heavy atom. The number of nitrogens with zero attached hydrogens (tertiary/aromatic N) is 1. The normalized spacial score (nSPS) is 16.8. The monoisotopic (exact) mass is 214 g/mol. The Bertz CT molecular complexity index is 160. The van der Waals surface area contributed by atoms with Gasteiger partial charge in [-0.3, -0.25) is 0 Å². The molecular formula is C13H30N2. The third kappa shape index (κ3) is 6.16. The highest BCUT2D eigenvalue weighted by atomic mass is 15.1. The standard InChI is InChI=1S/C13H30N2/c1-8-14-9-11(2)10-15(7)12(3)13(4,5)6/h11-12,14H,8-10H2,1-7H3. The van der Waals surface area contributed by atoms with Crippen molar-refractivity contribution >= 4 is 0 Å². The van der Waals surface area contributed by atoms with Crippen LogP contribution < -0.4 is 5.32 Å². The van der Waals surface area contributed by atoms with E-state index in [-0.39, 0.29) is 0 Å². The van der Waals surface area contributed by atoms with Crippen molar-refractivity contribution < 1.29 is 0 Å². The van der Waals surface area contributed by atoms with Crippen LogP contribution in [0.1, 0.15) is 41.5 Å². The zero-order valence-corrected chi connectivity index (χ0v) is 11.7. The third-order valence-electron chi connectivity index (χ3n) is 3.26. The van der Waals surface area contributed by atoms with E-state index in [0.717, 1.165) is 19.0 Å². The molecule has 2 atom stereocenters. The highest BCUT2D eigenvalue weighted by Crippen LogP contribution is 2.23. The molecule has 15 heavy (non-hydrogen) atoms. The van der Waals surface area contributed by atoms with Gasteiger partial charge in [0.05, 0.1) is 0 Å². The van der Waals surface area contributed by atoms with Crippen LogP contribution in [0.5, 0.6) is 0 Å². The van der Waals surface area contributed by atoms with Crippen LogP contribution in [-0.4, -0.2) is 37.6 Å². The van der Waals surface area contributed by atoms with E-state index in [1.54, 1.807) is 0 Å². The summed E-state index contributed by atoms with van der Waals surface area (Å²) in [6.45, 7) is 17.1. The minimum atomic E-state index is 0.368. The molecule has 0 spiro atoms. The summed E-state index contributed by atoms with van der Waals surface area (Å²) in [4.78, 5) is 2.47. The number of hydrogen-bond acceptors (Lipinski definition) is 2. The molecule has 0 aromatic carbocycles. The van der Waals surface area contributed by atoms with Crippen LogP contribution in [0.3, 0.4) is 0 Å². The highest BCUT2D eigenvalue weighted by molar-refractivity contribution is 4.78. The van der Waals surface area contributed by atoms with Gasteiger partial charge in [-0.1, -0.05) is 34.6 Å². The van der Waals surface area contributed by atoms with Crippen LogP contribution in [0, 0.1) is 11.3 Å². The fraction of sp³-hybridized carbons (Fsp3) is 1.00. The lowest BCUT2D eigenvalue weighted by Gasteiger charge is -2.36. The maximum Gasteiger partial charge on any atom is 0.0112 e. The van der Waals surface area contributed by atoms with Gasteiger partial charge in [0, 0.05) is 12.6 Å². The van der Waals surface area contributed by atoms with E-state index in [9.17, 15) is 0 Å². The number of hydrogen-bond donors (Lipinski definition) is 1. The van der Waals surface area contributed by atoms with Gasteiger partial charge in [-0.15, -0.1) is 0 Å². The number of rotatable bonds is 6. The Balaban J connectivity index is 3.96. The highest BCUT2D eigenvalue weighted by Gasteiger charge is 2.24. The Morgan fingerprint density at radius 3 is 2.13 bits per heavy atom. The van der Waals surface area contributed by atoms with Crippen molar-refractivity contribution in [2.45, 2.75) is 47.6 Å². The molecule has 92 valence electrons. The molecule has 2 unspecified atom stereocenters. The topological polar surface area (TPSA) is 15.3 Å². The van der Waals surface area contributed by atoms with E-state index in [0.29, 0.717) is 11.5 Å². The van der Waals surface area contributed by atoms with E-state index < -0.39 is 0 Å². The molecule has 1 N–H and O–H groups in total. The molecule has 0 aromatic heterocycles. The van der Waals surface area contributed by atoms with E-state index in [4.69, 9.17) is 0 Å². The summed E-state index contributed by atoms with van der Waals surface area (Å²) >= 11 is 0. The zero-order chi connectivity index (χ0) is 12.1. The van der Waals surface area contributed by atoms with E-state index in [1.807, 2.05) is 0 Å². The minimum absolute atomic E-state index is 0.368.